The molecule has 0 aliphatic heterocycles. The van der Waals surface area contributed by atoms with Gasteiger partial charge in [0, 0.05) is 0 Å². The van der Waals surface area contributed by atoms with Gasteiger partial charge in [-0.1, -0.05) is 121 Å². The smallest absolute Gasteiger partial charge is 0.0184 e. The summed E-state index contributed by atoms with van der Waals surface area (Å²) in [5.74, 6) is 0. The van der Waals surface area contributed by atoms with Crippen LogP contribution in [-0.2, 0) is 0 Å². The summed E-state index contributed by atoms with van der Waals surface area (Å²) in [6.07, 6.45) is 17.6. The van der Waals surface area contributed by atoms with Gasteiger partial charge in [-0.2, -0.15) is 0 Å². The van der Waals surface area contributed by atoms with E-state index in [1.807, 2.05) is 6.07 Å². The summed E-state index contributed by atoms with van der Waals surface area (Å²) in [7, 11) is 0. The molecule has 0 unspecified atom stereocenters. The number of rotatable bonds is 5. The number of hydrogen-bond donors (Lipinski definition) is 0. The summed E-state index contributed by atoms with van der Waals surface area (Å²) in [6, 6.07) is 27.9. The molecule has 0 N–H and O–H groups in total. The molecular formula is C28H24. The fourth-order valence-electron chi connectivity index (χ4n) is 3.29. The standard InChI is InChI=1S/C28H24/c1-3-7-23(8-4-1)11-13-25-15-19-27(20-16-25)28-21-17-26(18-22-28)14-12-24-9-5-2-6-10-24/h1-5,7-9,11-22H,6,10H2/b13-11+,14-12+. The van der Waals surface area contributed by atoms with Crippen molar-refractivity contribution >= 4 is 18.2 Å². The SMILES string of the molecule is C1=CCCC(/C=C/c2ccc(-c3ccc(/C=C/c4ccccc4)cc3)cc2)=C1. The van der Waals surface area contributed by atoms with Gasteiger partial charge in [0.2, 0.25) is 0 Å². The third-order valence-electron chi connectivity index (χ3n) is 4.96. The molecule has 1 aliphatic carbocycles. The molecule has 0 aromatic heterocycles. The molecule has 0 heteroatoms. The van der Waals surface area contributed by atoms with E-state index in [0.717, 1.165) is 12.8 Å². The first-order valence-electron chi connectivity index (χ1n) is 9.84. The Labute approximate surface area is 167 Å². The van der Waals surface area contributed by atoms with Crippen molar-refractivity contribution in [3.63, 3.8) is 0 Å². The lowest BCUT2D eigenvalue weighted by Gasteiger charge is -2.05. The molecule has 1 aliphatic rings. The average Bonchev–Trinajstić information content (AvgIpc) is 2.78. The predicted molar refractivity (Wildman–Crippen MR) is 123 cm³/mol. The minimum Gasteiger partial charge on any atom is -0.0842 e. The monoisotopic (exact) mass is 360 g/mol. The van der Waals surface area contributed by atoms with Gasteiger partial charge >= 0.3 is 0 Å². The van der Waals surface area contributed by atoms with E-state index in [-0.39, 0.29) is 0 Å². The Morgan fingerprint density at radius 3 is 1.61 bits per heavy atom. The van der Waals surface area contributed by atoms with E-state index in [2.05, 4.69) is 115 Å². The zero-order chi connectivity index (χ0) is 19.0. The van der Waals surface area contributed by atoms with Gasteiger partial charge in [-0.3, -0.25) is 0 Å². The lowest BCUT2D eigenvalue weighted by molar-refractivity contribution is 0.992. The van der Waals surface area contributed by atoms with E-state index >= 15 is 0 Å². The van der Waals surface area contributed by atoms with Gasteiger partial charge in [0.1, 0.15) is 0 Å². The van der Waals surface area contributed by atoms with E-state index < -0.39 is 0 Å². The summed E-state index contributed by atoms with van der Waals surface area (Å²) in [5, 5.41) is 0. The predicted octanol–water partition coefficient (Wildman–Crippen LogP) is 7.81. The van der Waals surface area contributed by atoms with Crippen LogP contribution in [0.25, 0.3) is 29.4 Å². The molecule has 0 radical (unpaired) electrons. The van der Waals surface area contributed by atoms with Crippen molar-refractivity contribution in [3.05, 3.63) is 125 Å². The van der Waals surface area contributed by atoms with Crippen LogP contribution < -0.4 is 0 Å². The van der Waals surface area contributed by atoms with Gasteiger partial charge in [0.25, 0.3) is 0 Å². The van der Waals surface area contributed by atoms with Gasteiger partial charge in [-0.05, 0) is 46.2 Å². The maximum atomic E-state index is 2.23. The molecule has 28 heavy (non-hydrogen) atoms. The van der Waals surface area contributed by atoms with Crippen LogP contribution in [0.15, 0.2) is 109 Å². The topological polar surface area (TPSA) is 0 Å². The molecule has 0 nitrogen and oxygen atoms in total. The molecule has 4 rings (SSSR count). The summed E-state index contributed by atoms with van der Waals surface area (Å²) in [6.45, 7) is 0. The van der Waals surface area contributed by atoms with Crippen LogP contribution in [0.2, 0.25) is 0 Å². The van der Waals surface area contributed by atoms with Crippen molar-refractivity contribution in [2.75, 3.05) is 0 Å². The van der Waals surface area contributed by atoms with Crippen molar-refractivity contribution in [1.82, 2.24) is 0 Å². The molecule has 3 aromatic carbocycles. The number of hydrogen-bond acceptors (Lipinski definition) is 0. The molecule has 3 aromatic rings. The van der Waals surface area contributed by atoms with Crippen LogP contribution in [0.3, 0.4) is 0 Å². The van der Waals surface area contributed by atoms with E-state index in [1.54, 1.807) is 0 Å². The van der Waals surface area contributed by atoms with Gasteiger partial charge in [-0.15, -0.1) is 0 Å². The highest BCUT2D eigenvalue weighted by Crippen LogP contribution is 2.22. The zero-order valence-electron chi connectivity index (χ0n) is 16.0. The number of allylic oxidation sites excluding steroid dienone is 5. The van der Waals surface area contributed by atoms with Crippen LogP contribution in [0.4, 0.5) is 0 Å². The molecule has 0 amide bonds. The zero-order valence-corrected chi connectivity index (χ0v) is 16.0. The summed E-state index contributed by atoms with van der Waals surface area (Å²) >= 11 is 0. The second-order valence-corrected chi connectivity index (χ2v) is 7.03. The van der Waals surface area contributed by atoms with Crippen LogP contribution in [0.5, 0.6) is 0 Å². The Kier molecular flexibility index (Phi) is 5.80. The quantitative estimate of drug-likeness (QED) is 0.407. The van der Waals surface area contributed by atoms with Crippen LogP contribution in [-0.4, -0.2) is 0 Å². The summed E-state index contributed by atoms with van der Waals surface area (Å²) in [5.41, 5.74) is 7.55. The van der Waals surface area contributed by atoms with Crippen LogP contribution >= 0.6 is 0 Å². The Bertz CT molecular complexity index is 1010. The second kappa shape index (κ2) is 9.01. The molecule has 0 saturated carbocycles. The van der Waals surface area contributed by atoms with Crippen molar-refractivity contribution in [2.45, 2.75) is 12.8 Å². The fourth-order valence-corrected chi connectivity index (χ4v) is 3.29. The van der Waals surface area contributed by atoms with E-state index in [9.17, 15) is 0 Å². The molecule has 0 heterocycles. The van der Waals surface area contributed by atoms with Crippen molar-refractivity contribution in [1.29, 1.82) is 0 Å². The molecular weight excluding hydrogens is 336 g/mol. The highest BCUT2D eigenvalue weighted by Gasteiger charge is 1.99. The van der Waals surface area contributed by atoms with Gasteiger partial charge in [0.05, 0.1) is 0 Å². The molecule has 0 atom stereocenters. The summed E-state index contributed by atoms with van der Waals surface area (Å²) < 4.78 is 0. The molecule has 0 bridgehead atoms. The third kappa shape index (κ3) is 4.86. The minimum absolute atomic E-state index is 1.14. The Morgan fingerprint density at radius 1 is 0.536 bits per heavy atom. The Morgan fingerprint density at radius 2 is 1.07 bits per heavy atom. The highest BCUT2D eigenvalue weighted by atomic mass is 14.0. The maximum Gasteiger partial charge on any atom is -0.0184 e. The highest BCUT2D eigenvalue weighted by molar-refractivity contribution is 5.72. The van der Waals surface area contributed by atoms with Crippen molar-refractivity contribution in [3.8, 4) is 11.1 Å². The molecule has 0 saturated heterocycles. The number of benzene rings is 3. The first-order valence-corrected chi connectivity index (χ1v) is 9.84. The lowest BCUT2D eigenvalue weighted by atomic mass is 10.0. The second-order valence-electron chi connectivity index (χ2n) is 7.03. The van der Waals surface area contributed by atoms with Gasteiger partial charge < -0.3 is 0 Å². The first-order chi connectivity index (χ1) is 13.9. The molecule has 0 fully saturated rings. The fraction of sp³-hybridized carbons (Fsp3) is 0.0714. The van der Waals surface area contributed by atoms with Crippen LogP contribution in [0, 0.1) is 0 Å². The third-order valence-corrected chi connectivity index (χ3v) is 4.96. The van der Waals surface area contributed by atoms with Gasteiger partial charge in [-0.25, -0.2) is 0 Å². The molecule has 0 spiro atoms. The lowest BCUT2D eigenvalue weighted by Crippen LogP contribution is -1.83. The summed E-state index contributed by atoms with van der Waals surface area (Å²) in [4.78, 5) is 0. The average molecular weight is 360 g/mol. The van der Waals surface area contributed by atoms with E-state index in [4.69, 9.17) is 0 Å². The Balaban J connectivity index is 1.43. The van der Waals surface area contributed by atoms with E-state index in [1.165, 1.54) is 33.4 Å². The molecule has 136 valence electrons. The Hall–Kier alpha value is -3.38. The van der Waals surface area contributed by atoms with Crippen LogP contribution in [0.1, 0.15) is 29.5 Å². The maximum absolute atomic E-state index is 2.23. The van der Waals surface area contributed by atoms with Crippen molar-refractivity contribution < 1.29 is 0 Å². The van der Waals surface area contributed by atoms with E-state index in [0.29, 0.717) is 0 Å². The van der Waals surface area contributed by atoms with Gasteiger partial charge in [0.15, 0.2) is 0 Å². The minimum atomic E-state index is 1.14. The van der Waals surface area contributed by atoms with Crippen molar-refractivity contribution in [2.24, 2.45) is 0 Å². The normalized spacial score (nSPS) is 13.9. The first kappa shape index (κ1) is 18.0. The largest absolute Gasteiger partial charge is 0.0842 e.